The average molecular weight is 476 g/mol. The van der Waals surface area contributed by atoms with Crippen molar-refractivity contribution in [3.05, 3.63) is 79.6 Å². The summed E-state index contributed by atoms with van der Waals surface area (Å²) in [5.74, 6) is 0.698. The lowest BCUT2D eigenvalue weighted by Crippen LogP contribution is -1.99. The molecule has 0 saturated heterocycles. The second-order valence-corrected chi connectivity index (χ2v) is 8.95. The number of hydrogen-bond acceptors (Lipinski definition) is 5. The fourth-order valence-corrected chi connectivity index (χ4v) is 5.21. The molecule has 0 unspecified atom stereocenters. The Labute approximate surface area is 188 Å². The van der Waals surface area contributed by atoms with Crippen molar-refractivity contribution in [2.45, 2.75) is 32.3 Å². The average Bonchev–Trinajstić information content (AvgIpc) is 3.14. The molecule has 0 amide bonds. The molecule has 1 aliphatic carbocycles. The highest BCUT2D eigenvalue weighted by atomic mass is 79.9. The zero-order chi connectivity index (χ0) is 20.9. The molecule has 0 fully saturated rings. The largest absolute Gasteiger partial charge is 0.488 e. The molecule has 6 heteroatoms. The standard InChI is InChI=1S/C24H18BrN3OS/c25-21-11-16(9-10-22(21)29-15-18-6-2-1-5-17(18)12-26)14-28-24-20(13-27)19-7-3-4-8-23(19)30-24/h1-2,5-6,9-11,14H,3-4,7-8,15H2. The van der Waals surface area contributed by atoms with Gasteiger partial charge in [-0.05, 0) is 77.0 Å². The van der Waals surface area contributed by atoms with E-state index in [1.165, 1.54) is 16.9 Å². The van der Waals surface area contributed by atoms with Crippen LogP contribution in [-0.2, 0) is 19.4 Å². The van der Waals surface area contributed by atoms with E-state index in [0.717, 1.165) is 45.4 Å². The fourth-order valence-electron chi connectivity index (χ4n) is 3.52. The van der Waals surface area contributed by atoms with E-state index in [2.05, 4.69) is 33.1 Å². The molecule has 0 N–H and O–H groups in total. The molecule has 0 bridgehead atoms. The Kier molecular flexibility index (Phi) is 6.28. The Morgan fingerprint density at radius 1 is 1.10 bits per heavy atom. The number of benzene rings is 2. The first-order chi connectivity index (χ1) is 14.7. The molecule has 1 heterocycles. The van der Waals surface area contributed by atoms with Gasteiger partial charge in [0.05, 0.1) is 21.7 Å². The van der Waals surface area contributed by atoms with Crippen molar-refractivity contribution in [2.75, 3.05) is 0 Å². The smallest absolute Gasteiger partial charge is 0.134 e. The third kappa shape index (κ3) is 4.31. The number of halogens is 1. The lowest BCUT2D eigenvalue weighted by Gasteiger charge is -2.10. The van der Waals surface area contributed by atoms with Crippen LogP contribution < -0.4 is 4.74 Å². The number of nitriles is 2. The normalized spacial score (nSPS) is 12.9. The predicted molar refractivity (Wildman–Crippen MR) is 123 cm³/mol. The molecule has 3 aromatic rings. The molecule has 0 saturated carbocycles. The number of ether oxygens (including phenoxy) is 1. The van der Waals surface area contributed by atoms with E-state index in [9.17, 15) is 10.5 Å². The molecule has 4 rings (SSSR count). The van der Waals surface area contributed by atoms with Crippen LogP contribution >= 0.6 is 27.3 Å². The van der Waals surface area contributed by atoms with E-state index < -0.39 is 0 Å². The first-order valence-corrected chi connectivity index (χ1v) is 11.3. The molecule has 1 aromatic heterocycles. The zero-order valence-electron chi connectivity index (χ0n) is 16.2. The maximum absolute atomic E-state index is 9.57. The van der Waals surface area contributed by atoms with E-state index in [0.29, 0.717) is 17.9 Å². The molecule has 1 aliphatic rings. The number of aryl methyl sites for hydroxylation is 1. The highest BCUT2D eigenvalue weighted by molar-refractivity contribution is 9.10. The summed E-state index contributed by atoms with van der Waals surface area (Å²) in [6.07, 6.45) is 6.16. The van der Waals surface area contributed by atoms with Gasteiger partial charge in [-0.2, -0.15) is 10.5 Å². The van der Waals surface area contributed by atoms with Gasteiger partial charge < -0.3 is 4.74 Å². The van der Waals surface area contributed by atoms with E-state index in [4.69, 9.17) is 4.74 Å². The summed E-state index contributed by atoms with van der Waals surface area (Å²) < 4.78 is 6.70. The quantitative estimate of drug-likeness (QED) is 0.397. The van der Waals surface area contributed by atoms with Crippen LogP contribution in [0.4, 0.5) is 5.00 Å². The summed E-state index contributed by atoms with van der Waals surface area (Å²) in [6, 6.07) is 17.7. The van der Waals surface area contributed by atoms with Crippen molar-refractivity contribution < 1.29 is 4.74 Å². The number of nitrogens with zero attached hydrogens (tertiary/aromatic N) is 3. The van der Waals surface area contributed by atoms with E-state index in [-0.39, 0.29) is 0 Å². The lowest BCUT2D eigenvalue weighted by atomic mass is 9.96. The van der Waals surface area contributed by atoms with Crippen molar-refractivity contribution in [1.82, 2.24) is 0 Å². The van der Waals surface area contributed by atoms with Gasteiger partial charge in [0.1, 0.15) is 23.4 Å². The minimum Gasteiger partial charge on any atom is -0.488 e. The first kappa shape index (κ1) is 20.3. The van der Waals surface area contributed by atoms with Crippen LogP contribution in [0.15, 0.2) is 51.9 Å². The Morgan fingerprint density at radius 3 is 2.73 bits per heavy atom. The molecule has 0 radical (unpaired) electrons. The van der Waals surface area contributed by atoms with Gasteiger partial charge in [0.15, 0.2) is 0 Å². The lowest BCUT2D eigenvalue weighted by molar-refractivity contribution is 0.304. The molecule has 0 atom stereocenters. The number of rotatable bonds is 5. The van der Waals surface area contributed by atoms with Crippen molar-refractivity contribution in [1.29, 1.82) is 10.5 Å². The Hall–Kier alpha value is -2.93. The van der Waals surface area contributed by atoms with E-state index in [1.807, 2.05) is 36.4 Å². The van der Waals surface area contributed by atoms with Crippen LogP contribution in [0.25, 0.3) is 0 Å². The first-order valence-electron chi connectivity index (χ1n) is 9.68. The highest BCUT2D eigenvalue weighted by Crippen LogP contribution is 2.39. The zero-order valence-corrected chi connectivity index (χ0v) is 18.6. The Morgan fingerprint density at radius 2 is 1.93 bits per heavy atom. The van der Waals surface area contributed by atoms with Gasteiger partial charge >= 0.3 is 0 Å². The van der Waals surface area contributed by atoms with Gasteiger partial charge in [-0.15, -0.1) is 11.3 Å². The van der Waals surface area contributed by atoms with Gasteiger partial charge in [-0.1, -0.05) is 18.2 Å². The third-order valence-electron chi connectivity index (χ3n) is 5.07. The van der Waals surface area contributed by atoms with Crippen molar-refractivity contribution in [3.63, 3.8) is 0 Å². The number of hydrogen-bond donors (Lipinski definition) is 0. The highest BCUT2D eigenvalue weighted by Gasteiger charge is 2.20. The maximum Gasteiger partial charge on any atom is 0.134 e. The van der Waals surface area contributed by atoms with Crippen molar-refractivity contribution >= 4 is 38.5 Å². The summed E-state index contributed by atoms with van der Waals surface area (Å²) in [5, 5.41) is 19.6. The Balaban J connectivity index is 1.49. The Bertz CT molecular complexity index is 1200. The molecule has 2 aromatic carbocycles. The van der Waals surface area contributed by atoms with Gasteiger partial charge in [-0.25, -0.2) is 4.99 Å². The monoisotopic (exact) mass is 475 g/mol. The molecule has 30 heavy (non-hydrogen) atoms. The number of fused-ring (bicyclic) bond motifs is 1. The predicted octanol–water partition coefficient (Wildman–Crippen LogP) is 6.46. The summed E-state index contributed by atoms with van der Waals surface area (Å²) in [6.45, 7) is 0.321. The van der Waals surface area contributed by atoms with Crippen molar-refractivity contribution in [3.8, 4) is 17.9 Å². The summed E-state index contributed by atoms with van der Waals surface area (Å²) >= 11 is 5.19. The van der Waals surface area contributed by atoms with Gasteiger partial charge in [0.2, 0.25) is 0 Å². The number of thiophene rings is 1. The van der Waals surface area contributed by atoms with Crippen LogP contribution in [0, 0.1) is 22.7 Å². The molecule has 0 aliphatic heterocycles. The SMILES string of the molecule is N#Cc1ccccc1COc1ccc(C=Nc2sc3c(c2C#N)CCCC3)cc1Br. The van der Waals surface area contributed by atoms with E-state index in [1.54, 1.807) is 23.6 Å². The van der Waals surface area contributed by atoms with Crippen molar-refractivity contribution in [2.24, 2.45) is 4.99 Å². The van der Waals surface area contributed by atoms with Crippen LogP contribution in [-0.4, -0.2) is 6.21 Å². The molecule has 0 spiro atoms. The molecule has 148 valence electrons. The van der Waals surface area contributed by atoms with Gasteiger partial charge in [-0.3, -0.25) is 0 Å². The topological polar surface area (TPSA) is 69.2 Å². The van der Waals surface area contributed by atoms with E-state index >= 15 is 0 Å². The molecule has 4 nitrogen and oxygen atoms in total. The number of aliphatic imine (C=N–C) groups is 1. The summed E-state index contributed by atoms with van der Waals surface area (Å²) in [4.78, 5) is 5.93. The second kappa shape index (κ2) is 9.26. The van der Waals surface area contributed by atoms with Crippen LogP contribution in [0.1, 0.15) is 45.5 Å². The van der Waals surface area contributed by atoms with Crippen LogP contribution in [0.3, 0.4) is 0 Å². The minimum absolute atomic E-state index is 0.321. The second-order valence-electron chi connectivity index (χ2n) is 7.01. The summed E-state index contributed by atoms with van der Waals surface area (Å²) in [5.41, 5.74) is 4.32. The van der Waals surface area contributed by atoms with Gasteiger partial charge in [0, 0.05) is 16.7 Å². The van der Waals surface area contributed by atoms with Gasteiger partial charge in [0.25, 0.3) is 0 Å². The van der Waals surface area contributed by atoms with Crippen LogP contribution in [0.2, 0.25) is 0 Å². The molecular formula is C24H18BrN3OS. The fraction of sp³-hybridized carbons (Fsp3) is 0.208. The third-order valence-corrected chi connectivity index (χ3v) is 6.89. The maximum atomic E-state index is 9.57. The van der Waals surface area contributed by atoms with Crippen LogP contribution in [0.5, 0.6) is 5.75 Å². The molecular weight excluding hydrogens is 458 g/mol. The minimum atomic E-state index is 0.321. The summed E-state index contributed by atoms with van der Waals surface area (Å²) in [7, 11) is 0.